The van der Waals surface area contributed by atoms with E-state index >= 15 is 0 Å². The van der Waals surface area contributed by atoms with Crippen LogP contribution in [0, 0.1) is 0 Å². The van der Waals surface area contributed by atoms with Crippen LogP contribution in [0.25, 0.3) is 0 Å². The molecule has 0 aromatic rings. The number of aliphatic hydroxyl groups excluding tert-OH is 1. The van der Waals surface area contributed by atoms with Gasteiger partial charge in [0.1, 0.15) is 19.3 Å². The lowest BCUT2D eigenvalue weighted by Gasteiger charge is -2.21. The van der Waals surface area contributed by atoms with E-state index in [1.54, 1.807) is 0 Å². The van der Waals surface area contributed by atoms with Crippen molar-refractivity contribution in [1.29, 1.82) is 0 Å². The third-order valence-corrected chi connectivity index (χ3v) is 17.1. The molecule has 0 spiro atoms. The first-order valence-corrected chi connectivity index (χ1v) is 41.4. The molecule has 19 heteroatoms. The van der Waals surface area contributed by atoms with Gasteiger partial charge in [-0.1, -0.05) is 256 Å². The van der Waals surface area contributed by atoms with Crippen LogP contribution in [0.15, 0.2) is 170 Å². The quantitative estimate of drug-likeness (QED) is 0.0169. The fourth-order valence-corrected chi connectivity index (χ4v) is 11.0. The first-order valence-electron chi connectivity index (χ1n) is 38.4. The van der Waals surface area contributed by atoms with Gasteiger partial charge in [-0.15, -0.1) is 0 Å². The molecule has 0 saturated carbocycles. The second-order valence-corrected chi connectivity index (χ2v) is 27.7. The Hall–Kier alpha value is -5.58. The van der Waals surface area contributed by atoms with Gasteiger partial charge in [0.25, 0.3) is 0 Å². The van der Waals surface area contributed by atoms with Crippen LogP contribution in [0.1, 0.15) is 272 Å². The summed E-state index contributed by atoms with van der Waals surface area (Å²) in [4.78, 5) is 72.9. The second kappa shape index (κ2) is 73.7. The van der Waals surface area contributed by atoms with Gasteiger partial charge in [-0.25, -0.2) is 9.13 Å². The summed E-state index contributed by atoms with van der Waals surface area (Å²) >= 11 is 0. The van der Waals surface area contributed by atoms with Crippen molar-refractivity contribution in [3.8, 4) is 0 Å². The van der Waals surface area contributed by atoms with Crippen molar-refractivity contribution in [2.75, 3.05) is 39.6 Å². The number of rotatable bonds is 70. The van der Waals surface area contributed by atoms with Crippen LogP contribution in [-0.2, 0) is 65.4 Å². The van der Waals surface area contributed by atoms with Gasteiger partial charge in [-0.2, -0.15) is 0 Å². The maximum absolute atomic E-state index is 13.1. The minimum atomic E-state index is -5.01. The Morgan fingerprint density at radius 2 is 0.520 bits per heavy atom. The molecule has 0 fully saturated rings. The standard InChI is InChI=1S/C83H134O17P2/c1-5-9-13-17-21-25-29-32-35-37-38-40-42-45-49-52-56-60-64-68-81(86)94-74-79(100-83(88)70-66-62-58-54-50-46-43-39-36-33-30-26-22-18-14-10-6-2)76-98-102(91,92)96-72-77(84)71-95-101(89,90)97-75-78(99-82(87)69-65-61-57-53-47-28-24-20-16-12-8-4)73-93-80(85)67-63-59-55-51-48-44-41-34-31-27-23-19-15-11-7-3/h9-11,13-15,20-27,32-36,38,40-41,43,45-46,49,54,58,77-79,84H,5-8,12,16-19,28-31,37,39,42,44,47-48,50-53,55-57,59-76H2,1-4H3,(H,89,90)(H,91,92)/b13-9-,14-10-,15-11-,24-20-,25-21-,26-22-,27-23-,35-32-,36-33-,40-38-,41-34-,46-43-,49-45-,58-54-. The maximum atomic E-state index is 13.1. The van der Waals surface area contributed by atoms with Crippen molar-refractivity contribution in [2.45, 2.75) is 290 Å². The Morgan fingerprint density at radius 3 is 0.843 bits per heavy atom. The third-order valence-electron chi connectivity index (χ3n) is 15.2. The summed E-state index contributed by atoms with van der Waals surface area (Å²) in [6.45, 7) is 4.33. The lowest BCUT2D eigenvalue weighted by molar-refractivity contribution is -0.161. The molecule has 578 valence electrons. The number of ether oxygens (including phenoxy) is 4. The zero-order valence-corrected chi connectivity index (χ0v) is 64.8. The first-order chi connectivity index (χ1) is 49.7. The highest BCUT2D eigenvalue weighted by atomic mass is 31.2. The summed E-state index contributed by atoms with van der Waals surface area (Å²) in [6, 6.07) is 0. The highest BCUT2D eigenvalue weighted by Crippen LogP contribution is 2.45. The first kappa shape index (κ1) is 96.4. The van der Waals surface area contributed by atoms with E-state index < -0.39 is 97.5 Å². The maximum Gasteiger partial charge on any atom is 0.472 e. The van der Waals surface area contributed by atoms with E-state index in [2.05, 4.69) is 186 Å². The van der Waals surface area contributed by atoms with Crippen LogP contribution in [0.5, 0.6) is 0 Å². The molecule has 3 N–H and O–H groups in total. The van der Waals surface area contributed by atoms with Crippen molar-refractivity contribution in [3.05, 3.63) is 170 Å². The van der Waals surface area contributed by atoms with E-state index in [1.807, 2.05) is 12.2 Å². The summed E-state index contributed by atoms with van der Waals surface area (Å²) < 4.78 is 68.4. The Morgan fingerprint density at radius 1 is 0.284 bits per heavy atom. The van der Waals surface area contributed by atoms with E-state index in [0.717, 1.165) is 173 Å². The van der Waals surface area contributed by atoms with Crippen molar-refractivity contribution in [2.24, 2.45) is 0 Å². The lowest BCUT2D eigenvalue weighted by atomic mass is 10.1. The molecule has 17 nitrogen and oxygen atoms in total. The van der Waals surface area contributed by atoms with Gasteiger partial charge in [0, 0.05) is 25.7 Å². The van der Waals surface area contributed by atoms with Gasteiger partial charge in [0.05, 0.1) is 26.4 Å². The minimum Gasteiger partial charge on any atom is -0.462 e. The predicted molar refractivity (Wildman–Crippen MR) is 417 cm³/mol. The van der Waals surface area contributed by atoms with Crippen molar-refractivity contribution in [1.82, 2.24) is 0 Å². The van der Waals surface area contributed by atoms with Crippen LogP contribution in [0.4, 0.5) is 0 Å². The van der Waals surface area contributed by atoms with E-state index in [1.165, 1.54) is 12.8 Å². The Bertz CT molecular complexity index is 2600. The van der Waals surface area contributed by atoms with Gasteiger partial charge in [-0.3, -0.25) is 37.3 Å². The summed E-state index contributed by atoms with van der Waals surface area (Å²) in [5.74, 6) is -2.32. The number of aliphatic hydroxyl groups is 1. The molecule has 0 aliphatic rings. The fraction of sp³-hybridized carbons (Fsp3) is 0.614. The zero-order valence-electron chi connectivity index (χ0n) is 63.0. The number of hydrogen-bond donors (Lipinski definition) is 3. The van der Waals surface area contributed by atoms with Crippen LogP contribution in [-0.4, -0.2) is 96.7 Å². The van der Waals surface area contributed by atoms with E-state index in [4.69, 9.17) is 37.0 Å². The fourth-order valence-electron chi connectivity index (χ4n) is 9.39. The SMILES string of the molecule is CC/C=C\C/C=C\C/C=C\C/C=C\C/C=C\CCCCCC(=O)OCC(COP(=O)(O)OCC(O)COP(=O)(O)OCC(COC(=O)CCCCCCC/C=C\C/C=C\C/C=C\CC)OC(=O)CCCCCCC/C=C\CCCC)OC(=O)CCC/C=C\C/C=C\C/C=C\C/C=C\C/C=C\CC. The molecular weight excluding hydrogens is 1330 g/mol. The normalized spacial score (nSPS) is 14.9. The molecule has 0 heterocycles. The zero-order chi connectivity index (χ0) is 74.6. The summed E-state index contributed by atoms with van der Waals surface area (Å²) in [6.07, 6.45) is 86.4. The lowest BCUT2D eigenvalue weighted by Crippen LogP contribution is -2.30. The number of unbranched alkanes of at least 4 members (excludes halogenated alkanes) is 16. The van der Waals surface area contributed by atoms with Gasteiger partial charge in [0.15, 0.2) is 12.2 Å². The van der Waals surface area contributed by atoms with Crippen LogP contribution in [0.3, 0.4) is 0 Å². The average Bonchev–Trinajstić information content (AvgIpc) is 0.921. The topological polar surface area (TPSA) is 237 Å². The molecule has 0 aliphatic carbocycles. The van der Waals surface area contributed by atoms with Crippen LogP contribution in [0.2, 0.25) is 0 Å². The van der Waals surface area contributed by atoms with Crippen molar-refractivity contribution in [3.63, 3.8) is 0 Å². The number of hydrogen-bond acceptors (Lipinski definition) is 15. The molecule has 0 radical (unpaired) electrons. The van der Waals surface area contributed by atoms with Gasteiger partial charge < -0.3 is 33.8 Å². The number of esters is 4. The second-order valence-electron chi connectivity index (χ2n) is 24.8. The number of phosphoric acid groups is 2. The Labute approximate surface area is 616 Å². The number of allylic oxidation sites excluding steroid dienone is 28. The number of carbonyl (C=O) groups is 4. The number of phosphoric ester groups is 2. The molecular formula is C83H134O17P2. The molecule has 0 saturated heterocycles. The van der Waals surface area contributed by atoms with Crippen molar-refractivity contribution >= 4 is 39.5 Å². The minimum absolute atomic E-state index is 0.00212. The Kier molecular flexibility index (Phi) is 69.7. The molecule has 5 atom stereocenters. The molecule has 0 bridgehead atoms. The molecule has 0 aromatic heterocycles. The predicted octanol–water partition coefficient (Wildman–Crippen LogP) is 22.2. The molecule has 0 aliphatic heterocycles. The molecule has 0 rings (SSSR count). The molecule has 5 unspecified atom stereocenters. The highest BCUT2D eigenvalue weighted by Gasteiger charge is 2.30. The summed E-state index contributed by atoms with van der Waals surface area (Å²) in [5, 5.41) is 10.6. The van der Waals surface area contributed by atoms with E-state index in [0.29, 0.717) is 32.1 Å². The smallest absolute Gasteiger partial charge is 0.462 e. The average molecular weight is 1470 g/mol. The van der Waals surface area contributed by atoms with Gasteiger partial charge in [-0.05, 0) is 161 Å². The van der Waals surface area contributed by atoms with Gasteiger partial charge in [0.2, 0.25) is 0 Å². The molecule has 0 aromatic carbocycles. The summed E-state index contributed by atoms with van der Waals surface area (Å²) in [7, 11) is -10.00. The molecule has 0 amide bonds. The summed E-state index contributed by atoms with van der Waals surface area (Å²) in [5.41, 5.74) is 0. The monoisotopic (exact) mass is 1460 g/mol. The van der Waals surface area contributed by atoms with E-state index in [9.17, 15) is 43.2 Å². The van der Waals surface area contributed by atoms with Crippen LogP contribution >= 0.6 is 15.6 Å². The Balaban J connectivity index is 5.46. The van der Waals surface area contributed by atoms with Gasteiger partial charge >= 0.3 is 39.5 Å². The number of carbonyl (C=O) groups excluding carboxylic acids is 4. The van der Waals surface area contributed by atoms with Crippen LogP contribution < -0.4 is 0 Å². The largest absolute Gasteiger partial charge is 0.472 e. The van der Waals surface area contributed by atoms with Crippen molar-refractivity contribution < 1.29 is 80.2 Å². The highest BCUT2D eigenvalue weighted by molar-refractivity contribution is 7.47. The third kappa shape index (κ3) is 72.8. The molecule has 102 heavy (non-hydrogen) atoms. The van der Waals surface area contributed by atoms with E-state index in [-0.39, 0.29) is 25.7 Å².